The van der Waals surface area contributed by atoms with Crippen LogP contribution in [0.5, 0.6) is 5.75 Å². The van der Waals surface area contributed by atoms with Crippen LogP contribution in [0.25, 0.3) is 0 Å². The van der Waals surface area contributed by atoms with E-state index in [-0.39, 0.29) is 22.2 Å². The van der Waals surface area contributed by atoms with Gasteiger partial charge in [0.2, 0.25) is 0 Å². The predicted octanol–water partition coefficient (Wildman–Crippen LogP) is 3.28. The molecule has 120 valence electrons. The van der Waals surface area contributed by atoms with E-state index in [0.717, 1.165) is 0 Å². The van der Waals surface area contributed by atoms with Crippen LogP contribution in [0.3, 0.4) is 0 Å². The van der Waals surface area contributed by atoms with Crippen molar-refractivity contribution in [2.24, 2.45) is 0 Å². The summed E-state index contributed by atoms with van der Waals surface area (Å²) < 4.78 is 5.04. The van der Waals surface area contributed by atoms with Gasteiger partial charge in [-0.15, -0.1) is 0 Å². The van der Waals surface area contributed by atoms with Crippen LogP contribution < -0.4 is 5.32 Å². The minimum absolute atomic E-state index is 0.0239. The molecular weight excluding hydrogens is 343 g/mol. The number of aromatic nitrogens is 1. The lowest BCUT2D eigenvalue weighted by Gasteiger charge is -2.13. The molecule has 8 heteroatoms. The van der Waals surface area contributed by atoms with E-state index < -0.39 is 18.0 Å². The zero-order chi connectivity index (χ0) is 17.0. The van der Waals surface area contributed by atoms with Gasteiger partial charge in [-0.3, -0.25) is 4.79 Å². The lowest BCUT2D eigenvalue weighted by atomic mass is 10.2. The molecule has 0 aliphatic carbocycles. The Bertz CT molecular complexity index is 735. The number of nitrogens with one attached hydrogen (secondary N) is 1. The number of hydrogen-bond donors (Lipinski definition) is 2. The molecule has 0 bridgehead atoms. The first-order valence-corrected chi connectivity index (χ1v) is 7.24. The third kappa shape index (κ3) is 4.58. The summed E-state index contributed by atoms with van der Waals surface area (Å²) in [5.74, 6) is -1.14. The average molecular weight is 355 g/mol. The number of halogens is 2. The molecule has 1 amide bonds. The van der Waals surface area contributed by atoms with Crippen LogP contribution in [0.15, 0.2) is 36.5 Å². The number of anilines is 1. The Balaban J connectivity index is 1.99. The first-order valence-electron chi connectivity index (χ1n) is 6.48. The second kappa shape index (κ2) is 7.30. The number of pyridine rings is 1. The first kappa shape index (κ1) is 17.1. The summed E-state index contributed by atoms with van der Waals surface area (Å²) in [5.41, 5.74) is 0.213. The Kier molecular flexibility index (Phi) is 5.41. The lowest BCUT2D eigenvalue weighted by molar-refractivity contribution is -0.123. The summed E-state index contributed by atoms with van der Waals surface area (Å²) in [6.45, 7) is 1.41. The maximum Gasteiger partial charge on any atom is 0.338 e. The second-order valence-corrected chi connectivity index (χ2v) is 5.41. The Hall–Kier alpha value is -2.31. The molecule has 0 unspecified atom stereocenters. The van der Waals surface area contributed by atoms with Crippen molar-refractivity contribution in [3.05, 3.63) is 52.1 Å². The molecule has 1 heterocycles. The zero-order valence-corrected chi connectivity index (χ0v) is 13.4. The molecule has 23 heavy (non-hydrogen) atoms. The maximum atomic E-state index is 12.0. The Morgan fingerprint density at radius 3 is 2.52 bits per heavy atom. The molecule has 6 nitrogen and oxygen atoms in total. The van der Waals surface area contributed by atoms with Gasteiger partial charge in [-0.25, -0.2) is 9.78 Å². The molecule has 0 saturated heterocycles. The molecule has 0 saturated carbocycles. The molecule has 0 radical (unpaired) electrons. The number of carbonyl (C=O) groups excluding carboxylic acids is 2. The van der Waals surface area contributed by atoms with Crippen molar-refractivity contribution in [1.82, 2.24) is 4.98 Å². The van der Waals surface area contributed by atoms with Crippen molar-refractivity contribution in [3.63, 3.8) is 0 Å². The van der Waals surface area contributed by atoms with E-state index in [0.29, 0.717) is 5.02 Å². The van der Waals surface area contributed by atoms with Gasteiger partial charge in [0.05, 0.1) is 15.6 Å². The van der Waals surface area contributed by atoms with Gasteiger partial charge >= 0.3 is 5.97 Å². The second-order valence-electron chi connectivity index (χ2n) is 4.57. The number of phenolic OH excluding ortho intramolecular Hbond substituents is 1. The zero-order valence-electron chi connectivity index (χ0n) is 11.9. The maximum absolute atomic E-state index is 12.0. The van der Waals surface area contributed by atoms with Gasteiger partial charge in [-0.1, -0.05) is 23.2 Å². The van der Waals surface area contributed by atoms with Gasteiger partial charge in [-0.2, -0.15) is 0 Å². The van der Waals surface area contributed by atoms with Gasteiger partial charge in [0.1, 0.15) is 5.75 Å². The van der Waals surface area contributed by atoms with E-state index in [2.05, 4.69) is 10.3 Å². The van der Waals surface area contributed by atoms with Crippen molar-refractivity contribution in [1.29, 1.82) is 0 Å². The van der Waals surface area contributed by atoms with Gasteiger partial charge < -0.3 is 15.2 Å². The van der Waals surface area contributed by atoms with Gasteiger partial charge in [-0.05, 0) is 37.3 Å². The van der Waals surface area contributed by atoms with Crippen molar-refractivity contribution in [2.45, 2.75) is 13.0 Å². The molecule has 2 N–H and O–H groups in total. The highest BCUT2D eigenvalue weighted by Gasteiger charge is 2.20. The minimum Gasteiger partial charge on any atom is -0.508 e. The van der Waals surface area contributed by atoms with Crippen molar-refractivity contribution in [2.75, 3.05) is 5.32 Å². The number of amides is 1. The predicted molar refractivity (Wildman–Crippen MR) is 85.9 cm³/mol. The number of esters is 1. The van der Waals surface area contributed by atoms with E-state index in [4.69, 9.17) is 27.9 Å². The van der Waals surface area contributed by atoms with Crippen LogP contribution in [-0.2, 0) is 9.53 Å². The first-order chi connectivity index (χ1) is 10.9. The molecule has 0 aliphatic rings. The summed E-state index contributed by atoms with van der Waals surface area (Å²) >= 11 is 11.6. The number of hydrogen-bond acceptors (Lipinski definition) is 5. The number of benzene rings is 1. The fourth-order valence-corrected chi connectivity index (χ4v) is 2.03. The van der Waals surface area contributed by atoms with Crippen LogP contribution in [0.4, 0.5) is 5.82 Å². The van der Waals surface area contributed by atoms with E-state index in [1.807, 2.05) is 0 Å². The van der Waals surface area contributed by atoms with Crippen molar-refractivity contribution < 1.29 is 19.4 Å². The van der Waals surface area contributed by atoms with Gasteiger partial charge in [0.25, 0.3) is 5.91 Å². The van der Waals surface area contributed by atoms with Gasteiger partial charge in [0.15, 0.2) is 11.9 Å². The highest BCUT2D eigenvalue weighted by Crippen LogP contribution is 2.22. The SMILES string of the molecule is C[C@@H](OC(=O)c1ccc(O)cc1)C(=O)Nc1ncc(Cl)cc1Cl. The van der Waals surface area contributed by atoms with E-state index >= 15 is 0 Å². The monoisotopic (exact) mass is 354 g/mol. The average Bonchev–Trinajstić information content (AvgIpc) is 2.50. The molecular formula is C15H12Cl2N2O4. The van der Waals surface area contributed by atoms with Crippen molar-refractivity contribution in [3.8, 4) is 5.75 Å². The van der Waals surface area contributed by atoms with Crippen LogP contribution in [-0.4, -0.2) is 28.1 Å². The largest absolute Gasteiger partial charge is 0.508 e. The summed E-state index contributed by atoms with van der Waals surface area (Å²) in [5, 5.41) is 12.1. The highest BCUT2D eigenvalue weighted by atomic mass is 35.5. The number of carbonyl (C=O) groups is 2. The summed E-state index contributed by atoms with van der Waals surface area (Å²) in [6, 6.07) is 6.90. The topological polar surface area (TPSA) is 88.5 Å². The standard InChI is InChI=1S/C15H12Cl2N2O4/c1-8(23-15(22)9-2-4-11(20)5-3-9)14(21)19-13-12(17)6-10(16)7-18-13/h2-8,20H,1H3,(H,18,19,21)/t8-/m1/s1. The number of rotatable bonds is 4. The quantitative estimate of drug-likeness (QED) is 0.822. The van der Waals surface area contributed by atoms with Crippen LogP contribution in [0.1, 0.15) is 17.3 Å². The molecule has 2 rings (SSSR count). The van der Waals surface area contributed by atoms with E-state index in [1.54, 1.807) is 0 Å². The fourth-order valence-electron chi connectivity index (χ4n) is 1.60. The summed E-state index contributed by atoms with van der Waals surface area (Å²) in [7, 11) is 0. The summed E-state index contributed by atoms with van der Waals surface area (Å²) in [4.78, 5) is 27.8. The van der Waals surface area contributed by atoms with Gasteiger partial charge in [0, 0.05) is 6.20 Å². The molecule has 1 aromatic carbocycles. The molecule has 1 atom stereocenters. The Morgan fingerprint density at radius 2 is 1.91 bits per heavy atom. The number of aromatic hydroxyl groups is 1. The number of nitrogens with zero attached hydrogens (tertiary/aromatic N) is 1. The molecule has 2 aromatic rings. The van der Waals surface area contributed by atoms with Crippen molar-refractivity contribution >= 4 is 40.9 Å². The minimum atomic E-state index is -1.06. The molecule has 0 aliphatic heterocycles. The van der Waals surface area contributed by atoms with E-state index in [9.17, 15) is 14.7 Å². The molecule has 1 aromatic heterocycles. The Labute approximate surface area is 142 Å². The number of ether oxygens (including phenoxy) is 1. The Morgan fingerprint density at radius 1 is 1.26 bits per heavy atom. The molecule has 0 spiro atoms. The molecule has 0 fully saturated rings. The summed E-state index contributed by atoms with van der Waals surface area (Å²) in [6.07, 6.45) is 0.265. The van der Waals surface area contributed by atoms with Crippen LogP contribution in [0.2, 0.25) is 10.0 Å². The third-order valence-electron chi connectivity index (χ3n) is 2.81. The third-order valence-corrected chi connectivity index (χ3v) is 3.30. The van der Waals surface area contributed by atoms with Crippen LogP contribution >= 0.6 is 23.2 Å². The lowest BCUT2D eigenvalue weighted by Crippen LogP contribution is -2.30. The van der Waals surface area contributed by atoms with Crippen LogP contribution in [0, 0.1) is 0 Å². The van der Waals surface area contributed by atoms with E-state index in [1.165, 1.54) is 43.5 Å². The fraction of sp³-hybridized carbons (Fsp3) is 0.133. The number of phenols is 1. The smallest absolute Gasteiger partial charge is 0.338 e. The highest BCUT2D eigenvalue weighted by molar-refractivity contribution is 6.36. The normalized spacial score (nSPS) is 11.6.